The molecule has 0 saturated heterocycles. The molecule has 4 saturated carbocycles. The summed E-state index contributed by atoms with van der Waals surface area (Å²) in [4.78, 5) is 13.7. The number of rotatable bonds is 4. The zero-order valence-corrected chi connectivity index (χ0v) is 11.3. The summed E-state index contributed by atoms with van der Waals surface area (Å²) in [6.07, 6.45) is 7.19. The molecule has 4 fully saturated rings. The third-order valence-electron chi connectivity index (χ3n) is 5.59. The van der Waals surface area contributed by atoms with Crippen molar-refractivity contribution >= 4 is 5.91 Å². The van der Waals surface area contributed by atoms with Crippen molar-refractivity contribution < 1.29 is 4.79 Å². The first-order chi connectivity index (χ1) is 8.67. The topological polar surface area (TPSA) is 58.4 Å². The van der Waals surface area contributed by atoms with Crippen LogP contribution in [0.25, 0.3) is 0 Å². The van der Waals surface area contributed by atoms with E-state index in [0.29, 0.717) is 0 Å². The molecule has 4 rings (SSSR count). The third kappa shape index (κ3) is 2.16. The molecule has 0 aromatic rings. The van der Waals surface area contributed by atoms with E-state index in [1.807, 2.05) is 11.9 Å². The SMILES string of the molecule is CN(CC1C2CC3CC(C2)CC1C3)C(=O)CNN. The standard InChI is InChI=1S/C14H25N3O/c1-17(14(18)7-16-15)8-13-11-3-9-2-10(5-11)6-12(13)4-9/h9-13,16H,2-8,15H2,1H3. The highest BCUT2D eigenvalue weighted by atomic mass is 16.2. The van der Waals surface area contributed by atoms with Crippen molar-refractivity contribution in [3.63, 3.8) is 0 Å². The van der Waals surface area contributed by atoms with Crippen LogP contribution in [-0.2, 0) is 4.79 Å². The summed E-state index contributed by atoms with van der Waals surface area (Å²) in [5.74, 6) is 9.89. The van der Waals surface area contributed by atoms with E-state index >= 15 is 0 Å². The van der Waals surface area contributed by atoms with Crippen molar-refractivity contribution in [3.8, 4) is 0 Å². The molecule has 0 atom stereocenters. The predicted octanol–water partition coefficient (Wildman–Crippen LogP) is 0.980. The van der Waals surface area contributed by atoms with Crippen LogP contribution in [0.5, 0.6) is 0 Å². The molecule has 4 aliphatic carbocycles. The van der Waals surface area contributed by atoms with E-state index in [1.165, 1.54) is 32.1 Å². The van der Waals surface area contributed by atoms with Gasteiger partial charge in [0, 0.05) is 13.6 Å². The molecule has 4 heteroatoms. The van der Waals surface area contributed by atoms with Crippen LogP contribution in [0.2, 0.25) is 0 Å². The van der Waals surface area contributed by atoms with Gasteiger partial charge in [-0.25, -0.2) is 0 Å². The average Bonchev–Trinajstić information content (AvgIpc) is 2.33. The van der Waals surface area contributed by atoms with Crippen LogP contribution in [0.4, 0.5) is 0 Å². The Labute approximate surface area is 109 Å². The second kappa shape index (κ2) is 4.82. The van der Waals surface area contributed by atoms with E-state index in [9.17, 15) is 4.79 Å². The highest BCUT2D eigenvalue weighted by Crippen LogP contribution is 2.56. The van der Waals surface area contributed by atoms with E-state index < -0.39 is 0 Å². The highest BCUT2D eigenvalue weighted by Gasteiger charge is 2.48. The first-order valence-corrected chi connectivity index (χ1v) is 7.34. The summed E-state index contributed by atoms with van der Waals surface area (Å²) < 4.78 is 0. The molecule has 0 aromatic carbocycles. The fourth-order valence-corrected chi connectivity index (χ4v) is 4.98. The van der Waals surface area contributed by atoms with Crippen LogP contribution in [0, 0.1) is 29.6 Å². The Morgan fingerprint density at radius 2 is 1.72 bits per heavy atom. The van der Waals surface area contributed by atoms with Crippen LogP contribution in [0.15, 0.2) is 0 Å². The van der Waals surface area contributed by atoms with Gasteiger partial charge in [0.15, 0.2) is 0 Å². The second-order valence-corrected chi connectivity index (χ2v) is 6.75. The van der Waals surface area contributed by atoms with Crippen molar-refractivity contribution in [2.24, 2.45) is 35.4 Å². The van der Waals surface area contributed by atoms with Crippen molar-refractivity contribution in [1.82, 2.24) is 10.3 Å². The van der Waals surface area contributed by atoms with Gasteiger partial charge in [-0.2, -0.15) is 0 Å². The molecule has 4 nitrogen and oxygen atoms in total. The van der Waals surface area contributed by atoms with Gasteiger partial charge in [0.05, 0.1) is 6.54 Å². The molecule has 1 amide bonds. The van der Waals surface area contributed by atoms with Gasteiger partial charge < -0.3 is 4.90 Å². The molecule has 3 N–H and O–H groups in total. The Balaban J connectivity index is 1.61. The monoisotopic (exact) mass is 251 g/mol. The number of hydrazine groups is 1. The number of hydrogen-bond donors (Lipinski definition) is 2. The fraction of sp³-hybridized carbons (Fsp3) is 0.929. The van der Waals surface area contributed by atoms with Gasteiger partial charge in [0.1, 0.15) is 0 Å². The number of carbonyl (C=O) groups is 1. The zero-order valence-electron chi connectivity index (χ0n) is 11.3. The summed E-state index contributed by atoms with van der Waals surface area (Å²) in [6, 6.07) is 0. The molecule has 0 radical (unpaired) electrons. The van der Waals surface area contributed by atoms with Crippen LogP contribution >= 0.6 is 0 Å². The number of amides is 1. The lowest BCUT2D eigenvalue weighted by molar-refractivity contribution is -0.131. The van der Waals surface area contributed by atoms with Crippen molar-refractivity contribution in [3.05, 3.63) is 0 Å². The molecule has 0 aromatic heterocycles. The predicted molar refractivity (Wildman–Crippen MR) is 70.4 cm³/mol. The Morgan fingerprint density at radius 1 is 1.17 bits per heavy atom. The first kappa shape index (κ1) is 12.4. The maximum atomic E-state index is 11.8. The molecule has 0 heterocycles. The highest BCUT2D eigenvalue weighted by molar-refractivity contribution is 5.77. The molecule has 4 bridgehead atoms. The molecule has 4 aliphatic rings. The lowest BCUT2D eigenvalue weighted by Gasteiger charge is -2.55. The largest absolute Gasteiger partial charge is 0.344 e. The van der Waals surface area contributed by atoms with Crippen LogP contribution in [0.3, 0.4) is 0 Å². The quantitative estimate of drug-likeness (QED) is 0.578. The number of nitrogens with two attached hydrogens (primary N) is 1. The van der Waals surface area contributed by atoms with E-state index in [1.54, 1.807) is 0 Å². The number of hydrogen-bond acceptors (Lipinski definition) is 3. The Hall–Kier alpha value is -0.610. The normalized spacial score (nSPS) is 41.1. The number of nitrogens with one attached hydrogen (secondary N) is 1. The maximum Gasteiger partial charge on any atom is 0.237 e. The van der Waals surface area contributed by atoms with Gasteiger partial charge in [-0.1, -0.05) is 0 Å². The summed E-state index contributed by atoms with van der Waals surface area (Å²) in [7, 11) is 1.92. The molecular weight excluding hydrogens is 226 g/mol. The lowest BCUT2D eigenvalue weighted by Crippen LogP contribution is -2.50. The van der Waals surface area contributed by atoms with Gasteiger partial charge >= 0.3 is 0 Å². The van der Waals surface area contributed by atoms with E-state index in [4.69, 9.17) is 5.84 Å². The van der Waals surface area contributed by atoms with Crippen LogP contribution in [-0.4, -0.2) is 30.9 Å². The Morgan fingerprint density at radius 3 is 2.22 bits per heavy atom. The summed E-state index contributed by atoms with van der Waals surface area (Å²) in [5.41, 5.74) is 2.46. The van der Waals surface area contributed by atoms with Crippen molar-refractivity contribution in [2.75, 3.05) is 20.1 Å². The van der Waals surface area contributed by atoms with Gasteiger partial charge in [0.25, 0.3) is 0 Å². The average molecular weight is 251 g/mol. The molecular formula is C14H25N3O. The smallest absolute Gasteiger partial charge is 0.237 e. The van der Waals surface area contributed by atoms with E-state index in [0.717, 1.165) is 36.1 Å². The molecule has 18 heavy (non-hydrogen) atoms. The minimum Gasteiger partial charge on any atom is -0.344 e. The van der Waals surface area contributed by atoms with Gasteiger partial charge in [-0.15, -0.1) is 0 Å². The fourth-order valence-electron chi connectivity index (χ4n) is 4.98. The van der Waals surface area contributed by atoms with Gasteiger partial charge in [-0.05, 0) is 61.7 Å². The number of likely N-dealkylation sites (N-methyl/N-ethyl adjacent to an activating group) is 1. The van der Waals surface area contributed by atoms with Crippen molar-refractivity contribution in [1.29, 1.82) is 0 Å². The summed E-state index contributed by atoms with van der Waals surface area (Å²) in [5, 5.41) is 0. The maximum absolute atomic E-state index is 11.8. The van der Waals surface area contributed by atoms with E-state index in [-0.39, 0.29) is 12.5 Å². The minimum atomic E-state index is 0.117. The summed E-state index contributed by atoms with van der Waals surface area (Å²) >= 11 is 0. The molecule has 102 valence electrons. The number of carbonyl (C=O) groups excluding carboxylic acids is 1. The first-order valence-electron chi connectivity index (χ1n) is 7.34. The molecule has 0 aliphatic heterocycles. The minimum absolute atomic E-state index is 0.117. The van der Waals surface area contributed by atoms with Crippen molar-refractivity contribution in [2.45, 2.75) is 32.1 Å². The van der Waals surface area contributed by atoms with Crippen LogP contribution in [0.1, 0.15) is 32.1 Å². The third-order valence-corrected chi connectivity index (χ3v) is 5.59. The van der Waals surface area contributed by atoms with Crippen LogP contribution < -0.4 is 11.3 Å². The zero-order chi connectivity index (χ0) is 12.7. The summed E-state index contributed by atoms with van der Waals surface area (Å²) in [6.45, 7) is 1.19. The Kier molecular flexibility index (Phi) is 3.32. The van der Waals surface area contributed by atoms with Gasteiger partial charge in [0.2, 0.25) is 5.91 Å². The van der Waals surface area contributed by atoms with E-state index in [2.05, 4.69) is 5.43 Å². The Bertz CT molecular complexity index is 303. The molecule has 0 unspecified atom stereocenters. The second-order valence-electron chi connectivity index (χ2n) is 6.75. The van der Waals surface area contributed by atoms with Gasteiger partial charge in [-0.3, -0.25) is 16.1 Å². The molecule has 0 spiro atoms. The lowest BCUT2D eigenvalue weighted by atomic mass is 9.52. The number of nitrogens with zero attached hydrogens (tertiary/aromatic N) is 1.